The van der Waals surface area contributed by atoms with E-state index in [1.165, 1.54) is 33.3 Å². The second kappa shape index (κ2) is 8.35. The van der Waals surface area contributed by atoms with E-state index >= 15 is 0 Å². The van der Waals surface area contributed by atoms with E-state index in [-0.39, 0.29) is 5.41 Å². The summed E-state index contributed by atoms with van der Waals surface area (Å²) in [5.74, 6) is 0.396. The Morgan fingerprint density at radius 3 is 2.55 bits per heavy atom. The first kappa shape index (κ1) is 21.7. The number of H-pyrrole nitrogens is 1. The second-order valence-corrected chi connectivity index (χ2v) is 10.4. The Hall–Kier alpha value is -3.11. The minimum atomic E-state index is 0.155. The first-order valence-electron chi connectivity index (χ1n) is 11.9. The summed E-state index contributed by atoms with van der Waals surface area (Å²) in [6.45, 7) is 12.0. The van der Waals surface area contributed by atoms with Gasteiger partial charge in [0.15, 0.2) is 0 Å². The lowest BCUT2D eigenvalue weighted by molar-refractivity contribution is 0.560. The van der Waals surface area contributed by atoms with Crippen LogP contribution in [-0.2, 0) is 12.0 Å². The van der Waals surface area contributed by atoms with Crippen molar-refractivity contribution >= 4 is 10.9 Å². The van der Waals surface area contributed by atoms with Gasteiger partial charge in [-0.3, -0.25) is 0 Å². The first-order chi connectivity index (χ1) is 15.8. The zero-order valence-corrected chi connectivity index (χ0v) is 20.3. The number of rotatable bonds is 5. The van der Waals surface area contributed by atoms with Gasteiger partial charge in [-0.05, 0) is 55.0 Å². The molecule has 0 saturated heterocycles. The van der Waals surface area contributed by atoms with E-state index in [0.717, 1.165) is 24.3 Å². The van der Waals surface area contributed by atoms with Gasteiger partial charge in [-0.1, -0.05) is 63.3 Å². The van der Waals surface area contributed by atoms with Crippen LogP contribution in [0.5, 0.6) is 0 Å². The molecule has 33 heavy (non-hydrogen) atoms. The lowest BCUT2D eigenvalue weighted by Crippen LogP contribution is -2.25. The number of hydrogen-bond donors (Lipinski definition) is 2. The summed E-state index contributed by atoms with van der Waals surface area (Å²) in [6, 6.07) is 17.7. The Bertz CT molecular complexity index is 1300. The van der Waals surface area contributed by atoms with E-state index in [0.29, 0.717) is 12.0 Å². The topological polar surface area (TPSA) is 45.6 Å². The molecule has 2 aromatic carbocycles. The number of nitrogens with zero attached hydrogens (tertiary/aromatic N) is 2. The van der Waals surface area contributed by atoms with Crippen LogP contribution in [0.1, 0.15) is 61.2 Å². The highest BCUT2D eigenvalue weighted by molar-refractivity contribution is 5.82. The van der Waals surface area contributed by atoms with Crippen LogP contribution in [-0.4, -0.2) is 20.8 Å². The minimum absolute atomic E-state index is 0.155. The van der Waals surface area contributed by atoms with Gasteiger partial charge in [0.2, 0.25) is 0 Å². The summed E-state index contributed by atoms with van der Waals surface area (Å²) in [7, 11) is 0. The maximum Gasteiger partial charge on any atom is 0.0649 e. The molecule has 5 rings (SSSR count). The van der Waals surface area contributed by atoms with Crippen LogP contribution in [0.25, 0.3) is 16.6 Å². The molecule has 4 aromatic rings. The maximum absolute atomic E-state index is 4.92. The van der Waals surface area contributed by atoms with Gasteiger partial charge in [0.05, 0.1) is 11.4 Å². The molecule has 1 aliphatic rings. The number of aromatic amines is 1. The summed E-state index contributed by atoms with van der Waals surface area (Å²) >= 11 is 0. The van der Waals surface area contributed by atoms with Gasteiger partial charge >= 0.3 is 0 Å². The number of aromatic nitrogens is 3. The van der Waals surface area contributed by atoms with E-state index in [2.05, 4.69) is 116 Å². The van der Waals surface area contributed by atoms with E-state index in [4.69, 9.17) is 5.10 Å². The van der Waals surface area contributed by atoms with Crippen molar-refractivity contribution in [1.29, 1.82) is 0 Å². The second-order valence-electron chi connectivity index (χ2n) is 10.4. The van der Waals surface area contributed by atoms with Gasteiger partial charge in [0.25, 0.3) is 0 Å². The largest absolute Gasteiger partial charge is 0.361 e. The third-order valence-corrected chi connectivity index (χ3v) is 7.01. The standard InChI is InChI=1S/C29H34N4/c1-19-28(20(2)33(32-19)25-14-11-23(12-15-25)29(3,4)5)21-10-13-24(16-21)30-17-22-18-31-27-9-7-6-8-26(22)27/h6-15,18,21,24,30-31H,16-17H2,1-5H3/t21-,24-/m1/s1. The van der Waals surface area contributed by atoms with E-state index in [9.17, 15) is 0 Å². The van der Waals surface area contributed by atoms with Crippen molar-refractivity contribution in [2.24, 2.45) is 0 Å². The fourth-order valence-corrected chi connectivity index (χ4v) is 5.13. The maximum atomic E-state index is 4.92. The number of hydrogen-bond acceptors (Lipinski definition) is 2. The Balaban J connectivity index is 1.30. The van der Waals surface area contributed by atoms with Gasteiger partial charge in [0.1, 0.15) is 0 Å². The molecule has 0 amide bonds. The molecule has 0 spiro atoms. The van der Waals surface area contributed by atoms with Crippen molar-refractivity contribution in [2.45, 2.75) is 65.0 Å². The molecule has 0 bridgehead atoms. The van der Waals surface area contributed by atoms with Crippen LogP contribution < -0.4 is 5.32 Å². The van der Waals surface area contributed by atoms with Crippen molar-refractivity contribution in [3.63, 3.8) is 0 Å². The molecular formula is C29H34N4. The number of aryl methyl sites for hydroxylation is 1. The van der Waals surface area contributed by atoms with Gasteiger partial charge in [-0.15, -0.1) is 0 Å². The third kappa shape index (κ3) is 4.16. The highest BCUT2D eigenvalue weighted by Crippen LogP contribution is 2.34. The molecule has 2 N–H and O–H groups in total. The number of benzene rings is 2. The summed E-state index contributed by atoms with van der Waals surface area (Å²) in [4.78, 5) is 3.37. The van der Waals surface area contributed by atoms with Crippen LogP contribution in [0.2, 0.25) is 0 Å². The van der Waals surface area contributed by atoms with Gasteiger partial charge in [-0.2, -0.15) is 5.10 Å². The molecule has 0 fully saturated rings. The zero-order valence-electron chi connectivity index (χ0n) is 20.3. The number of para-hydroxylation sites is 1. The molecule has 170 valence electrons. The van der Waals surface area contributed by atoms with Crippen LogP contribution in [0.15, 0.2) is 66.9 Å². The molecule has 2 heterocycles. The molecule has 2 atom stereocenters. The first-order valence-corrected chi connectivity index (χ1v) is 11.9. The lowest BCUT2D eigenvalue weighted by atomic mass is 9.87. The summed E-state index contributed by atoms with van der Waals surface area (Å²) in [6.07, 6.45) is 7.88. The van der Waals surface area contributed by atoms with Crippen molar-refractivity contribution in [3.8, 4) is 5.69 Å². The van der Waals surface area contributed by atoms with Crippen LogP contribution in [0.4, 0.5) is 0 Å². The molecule has 4 nitrogen and oxygen atoms in total. The SMILES string of the molecule is Cc1nn(-c2ccc(C(C)(C)C)cc2)c(C)c1[C@@H]1C=C[C@@H](NCc2c[nH]c3ccccc23)C1. The third-order valence-electron chi connectivity index (χ3n) is 7.01. The molecule has 0 radical (unpaired) electrons. The molecule has 4 heteroatoms. The van der Waals surface area contributed by atoms with Crippen LogP contribution in [0.3, 0.4) is 0 Å². The van der Waals surface area contributed by atoms with Crippen molar-refractivity contribution in [3.05, 3.63) is 95.0 Å². The molecule has 0 aliphatic heterocycles. The smallest absolute Gasteiger partial charge is 0.0649 e. The minimum Gasteiger partial charge on any atom is -0.361 e. The molecule has 1 aliphatic carbocycles. The Morgan fingerprint density at radius 1 is 1.03 bits per heavy atom. The normalized spacial score (nSPS) is 18.5. The van der Waals surface area contributed by atoms with Gasteiger partial charge < -0.3 is 10.3 Å². The van der Waals surface area contributed by atoms with Crippen molar-refractivity contribution in [1.82, 2.24) is 20.1 Å². The monoisotopic (exact) mass is 438 g/mol. The summed E-state index contributed by atoms with van der Waals surface area (Å²) < 4.78 is 2.11. The van der Waals surface area contributed by atoms with E-state index in [1.54, 1.807) is 0 Å². The fourth-order valence-electron chi connectivity index (χ4n) is 5.13. The Kier molecular flexibility index (Phi) is 5.49. The molecule has 0 unspecified atom stereocenters. The molecular weight excluding hydrogens is 404 g/mol. The van der Waals surface area contributed by atoms with Gasteiger partial charge in [-0.25, -0.2) is 4.68 Å². The Labute approximate surface area is 196 Å². The predicted molar refractivity (Wildman–Crippen MR) is 137 cm³/mol. The number of allylic oxidation sites excluding steroid dienone is 1. The highest BCUT2D eigenvalue weighted by Gasteiger charge is 2.26. The predicted octanol–water partition coefficient (Wildman–Crippen LogP) is 6.47. The number of nitrogens with one attached hydrogen (secondary N) is 2. The van der Waals surface area contributed by atoms with Gasteiger partial charge in [0, 0.05) is 46.9 Å². The zero-order chi connectivity index (χ0) is 23.2. The van der Waals surface area contributed by atoms with Crippen LogP contribution in [0, 0.1) is 13.8 Å². The Morgan fingerprint density at radius 2 is 1.79 bits per heavy atom. The fraction of sp³-hybridized carbons (Fsp3) is 0.345. The highest BCUT2D eigenvalue weighted by atomic mass is 15.3. The van der Waals surface area contributed by atoms with E-state index in [1.807, 2.05) is 0 Å². The molecule has 2 aromatic heterocycles. The average Bonchev–Trinajstić information content (AvgIpc) is 3.49. The van der Waals surface area contributed by atoms with Crippen molar-refractivity contribution in [2.75, 3.05) is 0 Å². The average molecular weight is 439 g/mol. The van der Waals surface area contributed by atoms with Crippen molar-refractivity contribution < 1.29 is 0 Å². The van der Waals surface area contributed by atoms with Crippen LogP contribution >= 0.6 is 0 Å². The van der Waals surface area contributed by atoms with E-state index < -0.39 is 0 Å². The summed E-state index contributed by atoms with van der Waals surface area (Å²) in [5.41, 5.74) is 8.87. The summed E-state index contributed by atoms with van der Waals surface area (Å²) in [5, 5.41) is 9.96. The number of fused-ring (bicyclic) bond motifs is 1. The quantitative estimate of drug-likeness (QED) is 0.351. The molecule has 0 saturated carbocycles. The lowest BCUT2D eigenvalue weighted by Gasteiger charge is -2.19.